The van der Waals surface area contributed by atoms with Gasteiger partial charge in [0.1, 0.15) is 0 Å². The molecule has 20 heavy (non-hydrogen) atoms. The van der Waals surface area contributed by atoms with Crippen LogP contribution < -0.4 is 0 Å². The van der Waals surface area contributed by atoms with Gasteiger partial charge in [0.15, 0.2) is 0 Å². The second-order valence-electron chi connectivity index (χ2n) is 7.58. The van der Waals surface area contributed by atoms with Crippen LogP contribution >= 0.6 is 0 Å². The Morgan fingerprint density at radius 3 is 2.40 bits per heavy atom. The summed E-state index contributed by atoms with van der Waals surface area (Å²) in [5, 5.41) is 0. The lowest BCUT2D eigenvalue weighted by Gasteiger charge is -2.39. The number of hydrogen-bond donors (Lipinski definition) is 0. The molecule has 2 bridgehead atoms. The Balaban J connectivity index is 1.97. The van der Waals surface area contributed by atoms with Gasteiger partial charge in [-0.25, -0.2) is 8.42 Å². The molecular weight excluding hydrogens is 270 g/mol. The maximum Gasteiger partial charge on any atom is 0.243 e. The summed E-state index contributed by atoms with van der Waals surface area (Å²) in [6.07, 6.45) is 3.08. The molecule has 110 valence electrons. The molecule has 3 rings (SSSR count). The molecule has 1 aromatic rings. The first-order chi connectivity index (χ1) is 9.22. The van der Waals surface area contributed by atoms with E-state index in [1.165, 1.54) is 0 Å². The van der Waals surface area contributed by atoms with Gasteiger partial charge in [0.25, 0.3) is 0 Å². The molecule has 3 nitrogen and oxygen atoms in total. The fourth-order valence-corrected chi connectivity index (χ4v) is 6.21. The zero-order chi connectivity index (χ0) is 14.6. The van der Waals surface area contributed by atoms with E-state index in [2.05, 4.69) is 20.8 Å². The van der Waals surface area contributed by atoms with Gasteiger partial charge in [0, 0.05) is 12.6 Å². The second-order valence-corrected chi connectivity index (χ2v) is 9.47. The maximum absolute atomic E-state index is 12.9. The molecule has 0 amide bonds. The van der Waals surface area contributed by atoms with E-state index in [0.29, 0.717) is 11.4 Å². The summed E-state index contributed by atoms with van der Waals surface area (Å²) in [5.74, 6) is 0. The van der Waals surface area contributed by atoms with E-state index in [4.69, 9.17) is 0 Å². The van der Waals surface area contributed by atoms with Crippen molar-refractivity contribution in [3.63, 3.8) is 0 Å². The van der Waals surface area contributed by atoms with Crippen LogP contribution in [0.25, 0.3) is 0 Å². The van der Waals surface area contributed by atoms with Crippen LogP contribution in [0.5, 0.6) is 0 Å². The molecule has 4 heteroatoms. The summed E-state index contributed by atoms with van der Waals surface area (Å²) in [5.41, 5.74) is 0.368. The van der Waals surface area contributed by atoms with Crippen LogP contribution in [0.15, 0.2) is 35.2 Å². The van der Waals surface area contributed by atoms with Crippen molar-refractivity contribution in [3.8, 4) is 0 Å². The fraction of sp³-hybridized carbons (Fsp3) is 0.625. The fourth-order valence-electron chi connectivity index (χ4n) is 4.42. The summed E-state index contributed by atoms with van der Waals surface area (Å²) in [6.45, 7) is 7.42. The molecule has 1 aromatic carbocycles. The molecule has 1 saturated heterocycles. The van der Waals surface area contributed by atoms with Gasteiger partial charge in [-0.2, -0.15) is 4.31 Å². The van der Waals surface area contributed by atoms with Crippen molar-refractivity contribution >= 4 is 10.0 Å². The van der Waals surface area contributed by atoms with Crippen LogP contribution in [0.3, 0.4) is 0 Å². The lowest BCUT2D eigenvalue weighted by Crippen LogP contribution is -2.37. The Bertz CT molecular complexity index is 609. The van der Waals surface area contributed by atoms with Gasteiger partial charge in [0.05, 0.1) is 4.90 Å². The Morgan fingerprint density at radius 2 is 1.75 bits per heavy atom. The minimum atomic E-state index is -3.35. The van der Waals surface area contributed by atoms with Gasteiger partial charge in [0.2, 0.25) is 10.0 Å². The predicted octanol–water partition coefficient (Wildman–Crippen LogP) is 3.28. The summed E-state index contributed by atoms with van der Waals surface area (Å²) in [7, 11) is -3.35. The van der Waals surface area contributed by atoms with Gasteiger partial charge < -0.3 is 0 Å². The SMILES string of the molecule is CC1(C)C[C@H]2C[C@@](C)(CN2S(=O)(=O)c2ccccc2)C1. The van der Waals surface area contributed by atoms with Crippen molar-refractivity contribution in [2.75, 3.05) is 6.54 Å². The van der Waals surface area contributed by atoms with Crippen molar-refractivity contribution < 1.29 is 8.42 Å². The molecule has 0 N–H and O–H groups in total. The Morgan fingerprint density at radius 1 is 1.10 bits per heavy atom. The van der Waals surface area contributed by atoms with Crippen LogP contribution in [0.1, 0.15) is 40.0 Å². The molecule has 1 aliphatic heterocycles. The normalized spacial score (nSPS) is 33.2. The molecule has 0 spiro atoms. The monoisotopic (exact) mass is 293 g/mol. The zero-order valence-electron chi connectivity index (χ0n) is 12.5. The molecule has 0 radical (unpaired) electrons. The highest BCUT2D eigenvalue weighted by Gasteiger charge is 2.53. The van der Waals surface area contributed by atoms with E-state index in [0.717, 1.165) is 19.3 Å². The zero-order valence-corrected chi connectivity index (χ0v) is 13.3. The molecule has 1 heterocycles. The highest BCUT2D eigenvalue weighted by Crippen LogP contribution is 2.53. The third kappa shape index (κ3) is 2.29. The van der Waals surface area contributed by atoms with Gasteiger partial charge >= 0.3 is 0 Å². The third-order valence-corrected chi connectivity index (χ3v) is 6.63. The number of benzene rings is 1. The Labute approximate surface area is 122 Å². The van der Waals surface area contributed by atoms with E-state index >= 15 is 0 Å². The standard InChI is InChI=1S/C16H23NO2S/c1-15(2)9-13-10-16(3,11-15)12-17(13)20(18,19)14-7-5-4-6-8-14/h4-8,13H,9-12H2,1-3H3/t13-,16+/m0/s1. The number of sulfonamides is 1. The molecule has 0 aromatic heterocycles. The number of hydrogen-bond acceptors (Lipinski definition) is 2. The van der Waals surface area contributed by atoms with Crippen molar-refractivity contribution in [1.29, 1.82) is 0 Å². The minimum Gasteiger partial charge on any atom is -0.207 e. The summed E-state index contributed by atoms with van der Waals surface area (Å²) >= 11 is 0. The lowest BCUT2D eigenvalue weighted by molar-refractivity contribution is 0.133. The first-order valence-electron chi connectivity index (χ1n) is 7.29. The van der Waals surface area contributed by atoms with E-state index in [9.17, 15) is 8.42 Å². The number of rotatable bonds is 2. The van der Waals surface area contributed by atoms with Gasteiger partial charge in [-0.15, -0.1) is 0 Å². The number of nitrogens with zero attached hydrogens (tertiary/aromatic N) is 1. The van der Waals surface area contributed by atoms with Crippen molar-refractivity contribution in [1.82, 2.24) is 4.31 Å². The predicted molar refractivity (Wildman–Crippen MR) is 79.9 cm³/mol. The van der Waals surface area contributed by atoms with E-state index in [1.54, 1.807) is 28.6 Å². The van der Waals surface area contributed by atoms with Crippen LogP contribution in [0.4, 0.5) is 0 Å². The molecule has 1 saturated carbocycles. The third-order valence-electron chi connectivity index (χ3n) is 4.72. The van der Waals surface area contributed by atoms with Crippen molar-refractivity contribution in [3.05, 3.63) is 30.3 Å². The lowest BCUT2D eigenvalue weighted by atomic mass is 9.65. The second kappa shape index (κ2) is 4.31. The number of fused-ring (bicyclic) bond motifs is 2. The van der Waals surface area contributed by atoms with Crippen LogP contribution in [0, 0.1) is 10.8 Å². The first-order valence-corrected chi connectivity index (χ1v) is 8.73. The van der Waals surface area contributed by atoms with Crippen LogP contribution in [-0.4, -0.2) is 25.3 Å². The average molecular weight is 293 g/mol. The molecular formula is C16H23NO2S. The summed E-state index contributed by atoms with van der Waals surface area (Å²) in [4.78, 5) is 0.425. The van der Waals surface area contributed by atoms with E-state index < -0.39 is 10.0 Å². The summed E-state index contributed by atoms with van der Waals surface area (Å²) < 4.78 is 27.5. The van der Waals surface area contributed by atoms with Gasteiger partial charge in [-0.3, -0.25) is 0 Å². The maximum atomic E-state index is 12.9. The van der Waals surface area contributed by atoms with Crippen LogP contribution in [-0.2, 0) is 10.0 Å². The highest BCUT2D eigenvalue weighted by atomic mass is 32.2. The highest BCUT2D eigenvalue weighted by molar-refractivity contribution is 7.89. The smallest absolute Gasteiger partial charge is 0.207 e. The first kappa shape index (κ1) is 14.1. The van der Waals surface area contributed by atoms with Crippen molar-refractivity contribution in [2.24, 2.45) is 10.8 Å². The van der Waals surface area contributed by atoms with Gasteiger partial charge in [-0.05, 0) is 42.2 Å². The molecule has 2 aliphatic rings. The van der Waals surface area contributed by atoms with Crippen LogP contribution in [0.2, 0.25) is 0 Å². The van der Waals surface area contributed by atoms with E-state index in [1.807, 2.05) is 6.07 Å². The topological polar surface area (TPSA) is 37.4 Å². The van der Waals surface area contributed by atoms with Gasteiger partial charge in [-0.1, -0.05) is 39.0 Å². The molecule has 0 unspecified atom stereocenters. The summed E-state index contributed by atoms with van der Waals surface area (Å²) in [6, 6.07) is 9.00. The average Bonchev–Trinajstić information content (AvgIpc) is 2.60. The molecule has 1 aliphatic carbocycles. The molecule has 2 atom stereocenters. The van der Waals surface area contributed by atoms with Crippen molar-refractivity contribution in [2.45, 2.75) is 51.0 Å². The largest absolute Gasteiger partial charge is 0.243 e. The minimum absolute atomic E-state index is 0.133. The quantitative estimate of drug-likeness (QED) is 0.839. The molecule has 2 fully saturated rings. The Hall–Kier alpha value is -0.870. The van der Waals surface area contributed by atoms with E-state index in [-0.39, 0.29) is 16.9 Å². The Kier molecular flexibility index (Phi) is 3.04.